The third-order valence-corrected chi connectivity index (χ3v) is 3.85. The Bertz CT molecular complexity index is 343. The van der Waals surface area contributed by atoms with Gasteiger partial charge in [-0.25, -0.2) is 4.98 Å². The average molecular weight is 251 g/mol. The number of piperidine rings is 1. The number of oxazole rings is 1. The highest BCUT2D eigenvalue weighted by Gasteiger charge is 2.20. The van der Waals surface area contributed by atoms with Crippen molar-refractivity contribution >= 4 is 0 Å². The van der Waals surface area contributed by atoms with Crippen LogP contribution in [0.3, 0.4) is 0 Å². The van der Waals surface area contributed by atoms with Crippen LogP contribution in [0.4, 0.5) is 0 Å². The number of aryl methyl sites for hydroxylation is 1. The summed E-state index contributed by atoms with van der Waals surface area (Å²) in [6.45, 7) is 6.57. The van der Waals surface area contributed by atoms with Gasteiger partial charge >= 0.3 is 0 Å². The molecule has 2 N–H and O–H groups in total. The molecule has 1 saturated heterocycles. The highest BCUT2D eigenvalue weighted by Crippen LogP contribution is 2.21. The van der Waals surface area contributed by atoms with Gasteiger partial charge in [-0.15, -0.1) is 0 Å². The van der Waals surface area contributed by atoms with Crippen molar-refractivity contribution in [1.82, 2.24) is 9.88 Å². The number of nitrogens with zero attached hydrogens (tertiary/aromatic N) is 2. The van der Waals surface area contributed by atoms with Gasteiger partial charge in [0.25, 0.3) is 0 Å². The van der Waals surface area contributed by atoms with Gasteiger partial charge in [-0.2, -0.15) is 0 Å². The molecule has 0 atom stereocenters. The number of aromatic nitrogens is 1. The van der Waals surface area contributed by atoms with E-state index in [4.69, 9.17) is 10.2 Å². The molecule has 102 valence electrons. The van der Waals surface area contributed by atoms with Crippen LogP contribution in [0.5, 0.6) is 0 Å². The van der Waals surface area contributed by atoms with Crippen molar-refractivity contribution in [3.8, 4) is 0 Å². The molecule has 0 bridgehead atoms. The van der Waals surface area contributed by atoms with Crippen LogP contribution in [0.1, 0.15) is 37.8 Å². The Hall–Kier alpha value is -0.870. The minimum atomic E-state index is 0.714. The fourth-order valence-electron chi connectivity index (χ4n) is 2.59. The molecule has 0 aromatic carbocycles. The van der Waals surface area contributed by atoms with Crippen molar-refractivity contribution in [2.75, 3.05) is 26.2 Å². The second kappa shape index (κ2) is 6.90. The van der Waals surface area contributed by atoms with Crippen molar-refractivity contribution in [3.63, 3.8) is 0 Å². The molecule has 1 aliphatic heterocycles. The van der Waals surface area contributed by atoms with Crippen LogP contribution >= 0.6 is 0 Å². The topological polar surface area (TPSA) is 55.3 Å². The summed E-state index contributed by atoms with van der Waals surface area (Å²) in [5.74, 6) is 2.65. The average Bonchev–Trinajstić information content (AvgIpc) is 2.85. The lowest BCUT2D eigenvalue weighted by atomic mass is 9.93. The first-order valence-electron chi connectivity index (χ1n) is 7.17. The normalized spacial score (nSPS) is 18.3. The van der Waals surface area contributed by atoms with E-state index in [9.17, 15) is 0 Å². The predicted octanol–water partition coefficient (Wildman–Crippen LogP) is 1.84. The van der Waals surface area contributed by atoms with Crippen molar-refractivity contribution in [1.29, 1.82) is 0 Å². The molecular weight excluding hydrogens is 226 g/mol. The molecule has 18 heavy (non-hydrogen) atoms. The van der Waals surface area contributed by atoms with E-state index in [1.165, 1.54) is 32.5 Å². The quantitative estimate of drug-likeness (QED) is 0.838. The van der Waals surface area contributed by atoms with Gasteiger partial charge in [0.1, 0.15) is 5.76 Å². The van der Waals surface area contributed by atoms with Crippen LogP contribution in [0.25, 0.3) is 0 Å². The van der Waals surface area contributed by atoms with Gasteiger partial charge < -0.3 is 15.1 Å². The molecule has 0 saturated carbocycles. The van der Waals surface area contributed by atoms with Crippen LogP contribution in [0, 0.1) is 5.92 Å². The summed E-state index contributed by atoms with van der Waals surface area (Å²) in [4.78, 5) is 6.89. The summed E-state index contributed by atoms with van der Waals surface area (Å²) in [6, 6.07) is 0. The maximum atomic E-state index is 5.76. The number of likely N-dealkylation sites (tertiary alicyclic amines) is 1. The SMILES string of the molecule is CCN1CCC(Cc2ncc(CCCN)o2)CC1. The predicted molar refractivity (Wildman–Crippen MR) is 72.4 cm³/mol. The summed E-state index contributed by atoms with van der Waals surface area (Å²) >= 11 is 0. The van der Waals surface area contributed by atoms with E-state index in [-0.39, 0.29) is 0 Å². The summed E-state index contributed by atoms with van der Waals surface area (Å²) < 4.78 is 5.76. The fourth-order valence-corrected chi connectivity index (χ4v) is 2.59. The standard InChI is InChI=1S/C14H25N3O/c1-2-17-8-5-12(6-9-17)10-14-16-11-13(18-14)4-3-7-15/h11-12H,2-10,15H2,1H3. The van der Waals surface area contributed by atoms with E-state index in [0.29, 0.717) is 6.54 Å². The van der Waals surface area contributed by atoms with Crippen LogP contribution in [-0.2, 0) is 12.8 Å². The molecule has 1 aromatic heterocycles. The first kappa shape index (κ1) is 13.6. The lowest BCUT2D eigenvalue weighted by Gasteiger charge is -2.30. The maximum absolute atomic E-state index is 5.76. The van der Waals surface area contributed by atoms with Crippen LogP contribution in [0.15, 0.2) is 10.6 Å². The van der Waals surface area contributed by atoms with Gasteiger partial charge in [-0.05, 0) is 51.4 Å². The van der Waals surface area contributed by atoms with Crippen molar-refractivity contribution in [2.24, 2.45) is 11.7 Å². The van der Waals surface area contributed by atoms with E-state index < -0.39 is 0 Å². The molecule has 0 spiro atoms. The first-order valence-corrected chi connectivity index (χ1v) is 7.17. The van der Waals surface area contributed by atoms with Crippen molar-refractivity contribution in [2.45, 2.75) is 39.0 Å². The van der Waals surface area contributed by atoms with E-state index >= 15 is 0 Å². The number of rotatable bonds is 6. The van der Waals surface area contributed by atoms with E-state index in [1.54, 1.807) is 0 Å². The molecule has 4 nitrogen and oxygen atoms in total. The Morgan fingerprint density at radius 1 is 1.44 bits per heavy atom. The third kappa shape index (κ3) is 3.82. The Morgan fingerprint density at radius 2 is 2.22 bits per heavy atom. The Kier molecular flexibility index (Phi) is 5.20. The fraction of sp³-hybridized carbons (Fsp3) is 0.786. The zero-order valence-electron chi connectivity index (χ0n) is 11.4. The monoisotopic (exact) mass is 251 g/mol. The van der Waals surface area contributed by atoms with Gasteiger partial charge in [0, 0.05) is 12.8 Å². The molecule has 0 amide bonds. The molecule has 2 rings (SSSR count). The number of nitrogens with two attached hydrogens (primary N) is 1. The second-order valence-electron chi connectivity index (χ2n) is 5.19. The van der Waals surface area contributed by atoms with Gasteiger partial charge in [-0.1, -0.05) is 6.92 Å². The smallest absolute Gasteiger partial charge is 0.194 e. The van der Waals surface area contributed by atoms with Crippen LogP contribution in [0.2, 0.25) is 0 Å². The number of hydrogen-bond donors (Lipinski definition) is 1. The zero-order valence-corrected chi connectivity index (χ0v) is 11.4. The summed E-state index contributed by atoms with van der Waals surface area (Å²) in [7, 11) is 0. The van der Waals surface area contributed by atoms with Gasteiger partial charge in [-0.3, -0.25) is 0 Å². The Labute approximate surface area is 110 Å². The van der Waals surface area contributed by atoms with E-state index in [2.05, 4.69) is 16.8 Å². The summed E-state index contributed by atoms with van der Waals surface area (Å²) in [5, 5.41) is 0. The minimum Gasteiger partial charge on any atom is -0.446 e. The van der Waals surface area contributed by atoms with Gasteiger partial charge in [0.2, 0.25) is 0 Å². The van der Waals surface area contributed by atoms with Gasteiger partial charge in [0.05, 0.1) is 6.20 Å². The molecule has 0 unspecified atom stereocenters. The van der Waals surface area contributed by atoms with E-state index in [0.717, 1.165) is 36.8 Å². The van der Waals surface area contributed by atoms with Crippen molar-refractivity contribution in [3.05, 3.63) is 17.8 Å². The summed E-state index contributed by atoms with van der Waals surface area (Å²) in [6.07, 6.45) is 7.30. The highest BCUT2D eigenvalue weighted by atomic mass is 16.4. The van der Waals surface area contributed by atoms with E-state index in [1.807, 2.05) is 6.20 Å². The molecule has 4 heteroatoms. The van der Waals surface area contributed by atoms with Crippen molar-refractivity contribution < 1.29 is 4.42 Å². The van der Waals surface area contributed by atoms with Gasteiger partial charge in [0.15, 0.2) is 5.89 Å². The molecule has 1 fully saturated rings. The highest BCUT2D eigenvalue weighted by molar-refractivity contribution is 4.95. The first-order chi connectivity index (χ1) is 8.81. The van der Waals surface area contributed by atoms with Crippen LogP contribution < -0.4 is 5.73 Å². The second-order valence-corrected chi connectivity index (χ2v) is 5.19. The molecular formula is C14H25N3O. The third-order valence-electron chi connectivity index (χ3n) is 3.85. The largest absolute Gasteiger partial charge is 0.446 e. The zero-order chi connectivity index (χ0) is 12.8. The molecule has 0 radical (unpaired) electrons. The molecule has 0 aliphatic carbocycles. The van der Waals surface area contributed by atoms with Crippen LogP contribution in [-0.4, -0.2) is 36.1 Å². The Balaban J connectivity index is 1.77. The molecule has 1 aliphatic rings. The lowest BCUT2D eigenvalue weighted by Crippen LogP contribution is -2.34. The summed E-state index contributed by atoms with van der Waals surface area (Å²) in [5.41, 5.74) is 5.49. The minimum absolute atomic E-state index is 0.714. The number of hydrogen-bond acceptors (Lipinski definition) is 4. The lowest BCUT2D eigenvalue weighted by molar-refractivity contribution is 0.186. The molecule has 1 aromatic rings. The molecule has 2 heterocycles. The maximum Gasteiger partial charge on any atom is 0.194 e. The Morgan fingerprint density at radius 3 is 2.89 bits per heavy atom.